The molecule has 0 aliphatic carbocycles. The van der Waals surface area contributed by atoms with Gasteiger partial charge in [0.1, 0.15) is 5.69 Å². The summed E-state index contributed by atoms with van der Waals surface area (Å²) in [7, 11) is 0. The third-order valence-electron chi connectivity index (χ3n) is 4.31. The van der Waals surface area contributed by atoms with E-state index in [0.717, 1.165) is 42.2 Å². The second-order valence-corrected chi connectivity index (χ2v) is 6.49. The number of anilines is 1. The van der Waals surface area contributed by atoms with Crippen molar-refractivity contribution in [1.29, 1.82) is 0 Å². The molecular formula is C19H22ClN3O. The lowest BCUT2D eigenvalue weighted by atomic mass is 10.2. The van der Waals surface area contributed by atoms with E-state index in [9.17, 15) is 4.79 Å². The average Bonchev–Trinajstić information content (AvgIpc) is 2.90. The molecule has 1 N–H and O–H groups in total. The summed E-state index contributed by atoms with van der Waals surface area (Å²) in [5, 5.41) is 4.05. The molecule has 0 saturated carbocycles. The maximum atomic E-state index is 12.6. The second-order valence-electron chi connectivity index (χ2n) is 6.08. The molecule has 1 aliphatic rings. The van der Waals surface area contributed by atoms with Crippen molar-refractivity contribution < 1.29 is 4.79 Å². The van der Waals surface area contributed by atoms with Gasteiger partial charge in [-0.1, -0.05) is 42.6 Å². The Labute approximate surface area is 147 Å². The van der Waals surface area contributed by atoms with Gasteiger partial charge in [0, 0.05) is 36.5 Å². The number of aromatic nitrogens is 1. The molecule has 126 valence electrons. The Balaban J connectivity index is 1.67. The molecule has 1 aromatic carbocycles. The third-order valence-corrected chi connectivity index (χ3v) is 4.68. The number of pyridine rings is 1. The highest BCUT2D eigenvalue weighted by Crippen LogP contribution is 2.18. The fourth-order valence-corrected chi connectivity index (χ4v) is 3.13. The molecule has 2 aromatic rings. The summed E-state index contributed by atoms with van der Waals surface area (Å²) in [6, 6.07) is 11.4. The van der Waals surface area contributed by atoms with Crippen molar-refractivity contribution in [3.8, 4) is 0 Å². The molecule has 1 aliphatic heterocycles. The standard InChI is InChI=1S/C19H22ClN3O/c20-17-8-4-3-7-15(17)14-22-16-9-10-21-18(13-16)19(24)23-11-5-1-2-6-12-23/h3-4,7-10,13H,1-2,5-6,11-12,14H2,(H,21,22). The van der Waals surface area contributed by atoms with Crippen LogP contribution in [0.15, 0.2) is 42.6 Å². The molecule has 2 heterocycles. The SMILES string of the molecule is O=C(c1cc(NCc2ccccc2Cl)ccn1)N1CCCCCC1. The molecular weight excluding hydrogens is 322 g/mol. The van der Waals surface area contributed by atoms with E-state index >= 15 is 0 Å². The third kappa shape index (κ3) is 4.26. The van der Waals surface area contributed by atoms with Crippen molar-refractivity contribution in [2.45, 2.75) is 32.2 Å². The van der Waals surface area contributed by atoms with E-state index in [1.807, 2.05) is 41.3 Å². The van der Waals surface area contributed by atoms with Crippen LogP contribution in [0.5, 0.6) is 0 Å². The molecule has 0 spiro atoms. The van der Waals surface area contributed by atoms with Gasteiger partial charge in [-0.05, 0) is 36.6 Å². The van der Waals surface area contributed by atoms with Gasteiger partial charge in [0.05, 0.1) is 0 Å². The lowest BCUT2D eigenvalue weighted by molar-refractivity contribution is 0.0756. The van der Waals surface area contributed by atoms with Gasteiger partial charge in [-0.3, -0.25) is 9.78 Å². The largest absolute Gasteiger partial charge is 0.381 e. The van der Waals surface area contributed by atoms with Gasteiger partial charge in [-0.15, -0.1) is 0 Å². The number of nitrogens with one attached hydrogen (secondary N) is 1. The fourth-order valence-electron chi connectivity index (χ4n) is 2.93. The number of likely N-dealkylation sites (tertiary alicyclic amines) is 1. The smallest absolute Gasteiger partial charge is 0.272 e. The van der Waals surface area contributed by atoms with E-state index in [1.54, 1.807) is 6.20 Å². The van der Waals surface area contributed by atoms with E-state index in [0.29, 0.717) is 12.2 Å². The zero-order valence-electron chi connectivity index (χ0n) is 13.7. The molecule has 1 saturated heterocycles. The van der Waals surface area contributed by atoms with Crippen LogP contribution in [0.3, 0.4) is 0 Å². The van der Waals surface area contributed by atoms with Gasteiger partial charge < -0.3 is 10.2 Å². The van der Waals surface area contributed by atoms with Crippen LogP contribution >= 0.6 is 11.6 Å². The number of benzene rings is 1. The molecule has 24 heavy (non-hydrogen) atoms. The number of amides is 1. The molecule has 1 fully saturated rings. The van der Waals surface area contributed by atoms with Crippen molar-refractivity contribution in [2.75, 3.05) is 18.4 Å². The Hall–Kier alpha value is -2.07. The van der Waals surface area contributed by atoms with Gasteiger partial charge >= 0.3 is 0 Å². The van der Waals surface area contributed by atoms with Crippen LogP contribution in [0, 0.1) is 0 Å². The first-order chi connectivity index (χ1) is 11.7. The number of hydrogen-bond donors (Lipinski definition) is 1. The minimum Gasteiger partial charge on any atom is -0.381 e. The van der Waals surface area contributed by atoms with Gasteiger partial charge in [-0.25, -0.2) is 0 Å². The molecule has 0 atom stereocenters. The zero-order valence-corrected chi connectivity index (χ0v) is 14.4. The maximum Gasteiger partial charge on any atom is 0.272 e. The Kier molecular flexibility index (Phi) is 5.70. The van der Waals surface area contributed by atoms with Crippen LogP contribution in [0.1, 0.15) is 41.7 Å². The lowest BCUT2D eigenvalue weighted by Gasteiger charge is -2.20. The topological polar surface area (TPSA) is 45.2 Å². The fraction of sp³-hybridized carbons (Fsp3) is 0.368. The van der Waals surface area contributed by atoms with Crippen LogP contribution in [0.25, 0.3) is 0 Å². The van der Waals surface area contributed by atoms with Crippen LogP contribution < -0.4 is 5.32 Å². The first-order valence-electron chi connectivity index (χ1n) is 8.46. The van der Waals surface area contributed by atoms with Crippen molar-refractivity contribution in [3.63, 3.8) is 0 Å². The maximum absolute atomic E-state index is 12.6. The molecule has 0 bridgehead atoms. The summed E-state index contributed by atoms with van der Waals surface area (Å²) in [5.74, 6) is 0.0262. The Morgan fingerprint density at radius 1 is 1.12 bits per heavy atom. The summed E-state index contributed by atoms with van der Waals surface area (Å²) in [6.07, 6.45) is 6.25. The number of nitrogens with zero attached hydrogens (tertiary/aromatic N) is 2. The Bertz CT molecular complexity index is 697. The number of carbonyl (C=O) groups excluding carboxylic acids is 1. The minimum atomic E-state index is 0.0262. The normalized spacial score (nSPS) is 15.0. The molecule has 0 unspecified atom stereocenters. The summed E-state index contributed by atoms with van der Waals surface area (Å²) in [4.78, 5) is 18.8. The molecule has 1 aromatic heterocycles. The monoisotopic (exact) mass is 343 g/mol. The molecule has 3 rings (SSSR count). The highest BCUT2D eigenvalue weighted by molar-refractivity contribution is 6.31. The predicted molar refractivity (Wildman–Crippen MR) is 97.4 cm³/mol. The molecule has 5 heteroatoms. The van der Waals surface area contributed by atoms with E-state index < -0.39 is 0 Å². The highest BCUT2D eigenvalue weighted by atomic mass is 35.5. The van der Waals surface area contributed by atoms with E-state index in [4.69, 9.17) is 11.6 Å². The van der Waals surface area contributed by atoms with Gasteiger partial charge in [0.15, 0.2) is 0 Å². The van der Waals surface area contributed by atoms with Crippen LogP contribution in [0.4, 0.5) is 5.69 Å². The number of carbonyl (C=O) groups is 1. The Morgan fingerprint density at radius 2 is 1.88 bits per heavy atom. The zero-order chi connectivity index (χ0) is 16.8. The summed E-state index contributed by atoms with van der Waals surface area (Å²) >= 11 is 6.18. The molecule has 4 nitrogen and oxygen atoms in total. The summed E-state index contributed by atoms with van der Waals surface area (Å²) in [6.45, 7) is 2.27. The van der Waals surface area contributed by atoms with Crippen LogP contribution in [-0.2, 0) is 6.54 Å². The lowest BCUT2D eigenvalue weighted by Crippen LogP contribution is -2.32. The Morgan fingerprint density at radius 3 is 2.62 bits per heavy atom. The van der Waals surface area contributed by atoms with Crippen molar-refractivity contribution in [2.24, 2.45) is 0 Å². The average molecular weight is 344 g/mol. The quantitative estimate of drug-likeness (QED) is 0.896. The molecule has 0 radical (unpaired) electrons. The predicted octanol–water partition coefficient (Wildman–Crippen LogP) is 4.36. The van der Waals surface area contributed by atoms with Crippen LogP contribution in [0.2, 0.25) is 5.02 Å². The number of rotatable bonds is 4. The van der Waals surface area contributed by atoms with Gasteiger partial charge in [0.25, 0.3) is 5.91 Å². The first kappa shape index (κ1) is 16.8. The summed E-state index contributed by atoms with van der Waals surface area (Å²) < 4.78 is 0. The van der Waals surface area contributed by atoms with Crippen LogP contribution in [-0.4, -0.2) is 28.9 Å². The second kappa shape index (κ2) is 8.15. The first-order valence-corrected chi connectivity index (χ1v) is 8.84. The number of hydrogen-bond acceptors (Lipinski definition) is 3. The van der Waals surface area contributed by atoms with E-state index in [-0.39, 0.29) is 5.91 Å². The van der Waals surface area contributed by atoms with E-state index in [1.165, 1.54) is 12.8 Å². The van der Waals surface area contributed by atoms with Crippen molar-refractivity contribution in [1.82, 2.24) is 9.88 Å². The minimum absolute atomic E-state index is 0.0262. The van der Waals surface area contributed by atoms with E-state index in [2.05, 4.69) is 10.3 Å². The van der Waals surface area contributed by atoms with Gasteiger partial charge in [-0.2, -0.15) is 0 Å². The van der Waals surface area contributed by atoms with Crippen molar-refractivity contribution in [3.05, 3.63) is 58.9 Å². The summed E-state index contributed by atoms with van der Waals surface area (Å²) in [5.41, 5.74) is 2.40. The van der Waals surface area contributed by atoms with Gasteiger partial charge in [0.2, 0.25) is 0 Å². The highest BCUT2D eigenvalue weighted by Gasteiger charge is 2.18. The number of halogens is 1. The van der Waals surface area contributed by atoms with Crippen molar-refractivity contribution >= 4 is 23.2 Å². The molecule has 1 amide bonds.